The van der Waals surface area contributed by atoms with Crippen molar-refractivity contribution in [2.24, 2.45) is 0 Å². The first kappa shape index (κ1) is 16.2. The molecule has 0 N–H and O–H groups in total. The molecule has 0 bridgehead atoms. The van der Waals surface area contributed by atoms with Crippen molar-refractivity contribution in [1.82, 2.24) is 4.98 Å². The summed E-state index contributed by atoms with van der Waals surface area (Å²) in [7, 11) is 0. The van der Waals surface area contributed by atoms with Crippen LogP contribution >= 0.6 is 11.3 Å². The number of ether oxygens (including phenoxy) is 1. The van der Waals surface area contributed by atoms with Gasteiger partial charge in [0.25, 0.3) is 0 Å². The maximum absolute atomic E-state index is 11.8. The molecule has 3 rings (SSSR count). The smallest absolute Gasteiger partial charge is 0.306 e. The van der Waals surface area contributed by atoms with Crippen LogP contribution in [0.15, 0.2) is 48.5 Å². The lowest BCUT2D eigenvalue weighted by atomic mass is 10.1. The van der Waals surface area contributed by atoms with Crippen LogP contribution in [0.4, 0.5) is 0 Å². The number of fused-ring (bicyclic) bond motifs is 1. The van der Waals surface area contributed by atoms with E-state index in [9.17, 15) is 4.79 Å². The van der Waals surface area contributed by atoms with Gasteiger partial charge >= 0.3 is 5.97 Å². The van der Waals surface area contributed by atoms with E-state index >= 15 is 0 Å². The van der Waals surface area contributed by atoms with Gasteiger partial charge in [-0.25, -0.2) is 4.98 Å². The van der Waals surface area contributed by atoms with Crippen LogP contribution in [0, 0.1) is 11.3 Å². The molecule has 2 aromatic carbocycles. The van der Waals surface area contributed by atoms with E-state index in [4.69, 9.17) is 10.00 Å². The number of esters is 1. The van der Waals surface area contributed by atoms with E-state index in [1.165, 1.54) is 4.70 Å². The van der Waals surface area contributed by atoms with Crippen LogP contribution in [-0.4, -0.2) is 11.0 Å². The number of nitrogens with zero attached hydrogens (tertiary/aromatic N) is 2. The molecule has 4 nitrogen and oxygen atoms in total. The fourth-order valence-corrected chi connectivity index (χ4v) is 3.33. The predicted molar refractivity (Wildman–Crippen MR) is 93.5 cm³/mol. The SMILES string of the molecule is N#Cc1ccc(COC(=O)CCCc2nc3ccccc3s2)cc1. The molecule has 0 radical (unpaired) electrons. The Balaban J connectivity index is 1.42. The molecular weight excluding hydrogens is 320 g/mol. The molecule has 0 saturated heterocycles. The van der Waals surface area contributed by atoms with Gasteiger partial charge in [0.2, 0.25) is 0 Å². The molecule has 0 amide bonds. The Morgan fingerprint density at radius 3 is 2.71 bits per heavy atom. The van der Waals surface area contributed by atoms with E-state index in [0.29, 0.717) is 12.0 Å². The molecule has 0 aliphatic rings. The van der Waals surface area contributed by atoms with Gasteiger partial charge in [-0.3, -0.25) is 4.79 Å². The summed E-state index contributed by atoms with van der Waals surface area (Å²) in [6.07, 6.45) is 1.89. The minimum atomic E-state index is -0.208. The van der Waals surface area contributed by atoms with Crippen molar-refractivity contribution in [3.05, 3.63) is 64.7 Å². The lowest BCUT2D eigenvalue weighted by Crippen LogP contribution is -2.05. The predicted octanol–water partition coefficient (Wildman–Crippen LogP) is 4.23. The van der Waals surface area contributed by atoms with Crippen LogP contribution in [0.1, 0.15) is 29.0 Å². The van der Waals surface area contributed by atoms with Gasteiger partial charge in [-0.2, -0.15) is 5.26 Å². The Morgan fingerprint density at radius 1 is 1.17 bits per heavy atom. The summed E-state index contributed by atoms with van der Waals surface area (Å²) in [5, 5.41) is 9.80. The summed E-state index contributed by atoms with van der Waals surface area (Å²) in [4.78, 5) is 16.4. The second-order valence-corrected chi connectivity index (χ2v) is 6.51. The number of hydrogen-bond acceptors (Lipinski definition) is 5. The Labute approximate surface area is 144 Å². The summed E-state index contributed by atoms with van der Waals surface area (Å²) in [5.41, 5.74) is 2.50. The highest BCUT2D eigenvalue weighted by molar-refractivity contribution is 7.18. The van der Waals surface area contributed by atoms with E-state index in [2.05, 4.69) is 17.1 Å². The number of aromatic nitrogens is 1. The molecule has 0 fully saturated rings. The van der Waals surface area contributed by atoms with Crippen molar-refractivity contribution in [2.45, 2.75) is 25.9 Å². The fourth-order valence-electron chi connectivity index (χ4n) is 2.32. The minimum Gasteiger partial charge on any atom is -0.461 e. The highest BCUT2D eigenvalue weighted by Crippen LogP contribution is 2.22. The quantitative estimate of drug-likeness (QED) is 0.632. The Morgan fingerprint density at radius 2 is 1.96 bits per heavy atom. The number of hydrogen-bond donors (Lipinski definition) is 0. The van der Waals surface area contributed by atoms with Gasteiger partial charge < -0.3 is 4.74 Å². The van der Waals surface area contributed by atoms with E-state index < -0.39 is 0 Å². The number of nitriles is 1. The standard InChI is InChI=1S/C19H16N2O2S/c20-12-14-8-10-15(11-9-14)13-23-19(22)7-3-6-18-21-16-4-1-2-5-17(16)24-18/h1-2,4-5,8-11H,3,6-7,13H2. The number of carbonyl (C=O) groups is 1. The molecule has 120 valence electrons. The normalized spacial score (nSPS) is 10.5. The first-order chi connectivity index (χ1) is 11.7. The Kier molecular flexibility index (Phi) is 5.19. The third-order valence-electron chi connectivity index (χ3n) is 3.59. The van der Waals surface area contributed by atoms with Crippen molar-refractivity contribution in [1.29, 1.82) is 5.26 Å². The first-order valence-electron chi connectivity index (χ1n) is 7.74. The van der Waals surface area contributed by atoms with Crippen LogP contribution in [-0.2, 0) is 22.6 Å². The van der Waals surface area contributed by atoms with Crippen molar-refractivity contribution in [2.75, 3.05) is 0 Å². The third-order valence-corrected chi connectivity index (χ3v) is 4.69. The zero-order valence-corrected chi connectivity index (χ0v) is 13.9. The summed E-state index contributed by atoms with van der Waals surface area (Å²) < 4.78 is 6.44. The summed E-state index contributed by atoms with van der Waals surface area (Å²) >= 11 is 1.67. The van der Waals surface area contributed by atoms with Gasteiger partial charge in [-0.15, -0.1) is 11.3 Å². The van der Waals surface area contributed by atoms with Gasteiger partial charge in [-0.05, 0) is 42.7 Å². The largest absolute Gasteiger partial charge is 0.461 e. The second kappa shape index (κ2) is 7.71. The zero-order chi connectivity index (χ0) is 16.8. The van der Waals surface area contributed by atoms with Gasteiger partial charge in [0.1, 0.15) is 6.61 Å². The summed E-state index contributed by atoms with van der Waals surface area (Å²) in [6, 6.07) is 17.1. The monoisotopic (exact) mass is 336 g/mol. The first-order valence-corrected chi connectivity index (χ1v) is 8.55. The van der Waals surface area contributed by atoms with E-state index in [-0.39, 0.29) is 12.6 Å². The molecule has 0 aliphatic heterocycles. The van der Waals surface area contributed by atoms with Gasteiger partial charge in [0.05, 0.1) is 26.9 Å². The second-order valence-electron chi connectivity index (χ2n) is 5.40. The van der Waals surface area contributed by atoms with E-state index in [0.717, 1.165) is 28.9 Å². The Hall–Kier alpha value is -2.71. The third kappa shape index (κ3) is 4.18. The van der Waals surface area contributed by atoms with Gasteiger partial charge in [-0.1, -0.05) is 24.3 Å². The molecule has 0 unspecified atom stereocenters. The maximum atomic E-state index is 11.8. The Bertz CT molecular complexity index is 845. The van der Waals surface area contributed by atoms with Crippen molar-refractivity contribution in [3.8, 4) is 6.07 Å². The summed E-state index contributed by atoms with van der Waals surface area (Å²) in [5.74, 6) is -0.208. The van der Waals surface area contributed by atoms with Gasteiger partial charge in [0.15, 0.2) is 0 Å². The highest BCUT2D eigenvalue weighted by atomic mass is 32.1. The van der Waals surface area contributed by atoms with Crippen molar-refractivity contribution >= 4 is 27.5 Å². The number of benzene rings is 2. The highest BCUT2D eigenvalue weighted by Gasteiger charge is 2.07. The van der Waals surface area contributed by atoms with Crippen LogP contribution in [0.2, 0.25) is 0 Å². The van der Waals surface area contributed by atoms with Crippen LogP contribution < -0.4 is 0 Å². The average molecular weight is 336 g/mol. The molecule has 0 atom stereocenters. The molecule has 5 heteroatoms. The van der Waals surface area contributed by atoms with Gasteiger partial charge in [0, 0.05) is 6.42 Å². The molecule has 1 heterocycles. The van der Waals surface area contributed by atoms with E-state index in [1.54, 1.807) is 35.6 Å². The van der Waals surface area contributed by atoms with Crippen molar-refractivity contribution < 1.29 is 9.53 Å². The number of para-hydroxylation sites is 1. The number of aryl methyl sites for hydroxylation is 1. The molecule has 24 heavy (non-hydrogen) atoms. The number of thiazole rings is 1. The van der Waals surface area contributed by atoms with Crippen LogP contribution in [0.3, 0.4) is 0 Å². The number of rotatable bonds is 6. The fraction of sp³-hybridized carbons (Fsp3) is 0.211. The molecule has 1 aromatic heterocycles. The topological polar surface area (TPSA) is 63.0 Å². The molecule has 0 spiro atoms. The average Bonchev–Trinajstić information content (AvgIpc) is 3.03. The number of carbonyl (C=O) groups excluding carboxylic acids is 1. The lowest BCUT2D eigenvalue weighted by Gasteiger charge is -2.04. The van der Waals surface area contributed by atoms with Crippen LogP contribution in [0.25, 0.3) is 10.2 Å². The molecule has 3 aromatic rings. The zero-order valence-electron chi connectivity index (χ0n) is 13.1. The molecule has 0 saturated carbocycles. The van der Waals surface area contributed by atoms with Crippen LogP contribution in [0.5, 0.6) is 0 Å². The minimum absolute atomic E-state index is 0.208. The molecular formula is C19H16N2O2S. The molecule has 0 aliphatic carbocycles. The van der Waals surface area contributed by atoms with E-state index in [1.807, 2.05) is 18.2 Å². The lowest BCUT2D eigenvalue weighted by molar-refractivity contribution is -0.145. The summed E-state index contributed by atoms with van der Waals surface area (Å²) in [6.45, 7) is 0.242. The maximum Gasteiger partial charge on any atom is 0.306 e. The van der Waals surface area contributed by atoms with Crippen molar-refractivity contribution in [3.63, 3.8) is 0 Å².